The van der Waals surface area contributed by atoms with Crippen LogP contribution in [0.4, 0.5) is 0 Å². The molecule has 0 aliphatic carbocycles. The van der Waals surface area contributed by atoms with Gasteiger partial charge in [-0.05, 0) is 37.1 Å². The van der Waals surface area contributed by atoms with Crippen LogP contribution in [0, 0.1) is 0 Å². The van der Waals surface area contributed by atoms with E-state index in [2.05, 4.69) is 74.8 Å². The maximum atomic E-state index is 6.22. The van der Waals surface area contributed by atoms with Gasteiger partial charge in [-0.15, -0.1) is 0 Å². The smallest absolute Gasteiger partial charge is 0.168 e. The van der Waals surface area contributed by atoms with E-state index < -0.39 is 9.76 Å². The molecule has 2 rings (SSSR count). The van der Waals surface area contributed by atoms with E-state index in [0.717, 1.165) is 21.1 Å². The second-order valence-electron chi connectivity index (χ2n) is 6.89. The molecule has 0 spiro atoms. The lowest BCUT2D eigenvalue weighted by Gasteiger charge is -2.29. The molecule has 1 aromatic carbocycles. The largest absolute Gasteiger partial charge is 0.413 e. The van der Waals surface area contributed by atoms with Crippen LogP contribution in [0.2, 0.25) is 5.04 Å². The average molecular weight is 352 g/mol. The summed E-state index contributed by atoms with van der Waals surface area (Å²) in [7, 11) is -0.607. The van der Waals surface area contributed by atoms with Gasteiger partial charge in [0.25, 0.3) is 0 Å². The van der Waals surface area contributed by atoms with Crippen molar-refractivity contribution in [2.24, 2.45) is 0 Å². The molecule has 0 saturated heterocycles. The molecule has 2 nitrogen and oxygen atoms in total. The number of benzene rings is 1. The van der Waals surface area contributed by atoms with Crippen LogP contribution in [-0.4, -0.2) is 14.7 Å². The fourth-order valence-electron chi connectivity index (χ4n) is 1.90. The Morgan fingerprint density at radius 1 is 1.05 bits per heavy atom. The molecule has 0 N–H and O–H groups in total. The lowest BCUT2D eigenvalue weighted by molar-refractivity contribution is 0.105. The Bertz CT molecular complexity index is 619. The fraction of sp³-hybridized carbons (Fsp3) is 0.438. The van der Waals surface area contributed by atoms with Crippen molar-refractivity contribution in [3.05, 3.63) is 40.5 Å². The minimum Gasteiger partial charge on any atom is -0.413 e. The average Bonchev–Trinajstić information content (AvgIpc) is 2.35. The molecule has 0 fully saturated rings. The molecule has 0 saturated carbocycles. The van der Waals surface area contributed by atoms with Gasteiger partial charge in [-0.3, -0.25) is 0 Å². The highest BCUT2D eigenvalue weighted by Crippen LogP contribution is 2.29. The number of pyridine rings is 1. The Hall–Kier alpha value is -0.713. The molecule has 1 heterocycles. The SMILES string of the molecule is CC(C)(C)[SiH2]OC(C)(C)c1ccc2ccc(Br)cc2n1. The minimum absolute atomic E-state index is 0.289. The highest BCUT2D eigenvalue weighted by molar-refractivity contribution is 9.10. The molecule has 0 bridgehead atoms. The third-order valence-corrected chi connectivity index (χ3v) is 5.36. The predicted molar refractivity (Wildman–Crippen MR) is 91.8 cm³/mol. The third kappa shape index (κ3) is 3.90. The molecule has 0 aliphatic heterocycles. The predicted octanol–water partition coefficient (Wildman–Crippen LogP) is 4.55. The molecule has 0 atom stereocenters. The molecule has 20 heavy (non-hydrogen) atoms. The number of hydrogen-bond donors (Lipinski definition) is 0. The summed E-state index contributed by atoms with van der Waals surface area (Å²) >= 11 is 3.50. The molecule has 0 aliphatic rings. The van der Waals surface area contributed by atoms with Crippen LogP contribution in [0.15, 0.2) is 34.8 Å². The van der Waals surface area contributed by atoms with Crippen molar-refractivity contribution < 1.29 is 4.43 Å². The molecule has 0 unspecified atom stereocenters. The van der Waals surface area contributed by atoms with Gasteiger partial charge >= 0.3 is 0 Å². The molecule has 0 radical (unpaired) electrons. The Labute approximate surface area is 132 Å². The van der Waals surface area contributed by atoms with Gasteiger partial charge in [-0.2, -0.15) is 0 Å². The maximum absolute atomic E-state index is 6.22. The van der Waals surface area contributed by atoms with Gasteiger partial charge in [0.15, 0.2) is 9.76 Å². The first-order valence-corrected chi connectivity index (χ1v) is 8.96. The van der Waals surface area contributed by atoms with Crippen LogP contribution in [0.25, 0.3) is 10.9 Å². The van der Waals surface area contributed by atoms with Crippen LogP contribution in [-0.2, 0) is 10.0 Å². The van der Waals surface area contributed by atoms with Gasteiger partial charge in [0.05, 0.1) is 16.8 Å². The Morgan fingerprint density at radius 3 is 2.35 bits per heavy atom. The lowest BCUT2D eigenvalue weighted by Crippen LogP contribution is -2.28. The van der Waals surface area contributed by atoms with Crippen molar-refractivity contribution in [3.63, 3.8) is 0 Å². The van der Waals surface area contributed by atoms with Gasteiger partial charge in [-0.25, -0.2) is 4.98 Å². The van der Waals surface area contributed by atoms with E-state index in [-0.39, 0.29) is 10.6 Å². The topological polar surface area (TPSA) is 22.1 Å². The zero-order valence-corrected chi connectivity index (χ0v) is 15.8. The zero-order chi connectivity index (χ0) is 15.0. The number of rotatable bonds is 3. The highest BCUT2D eigenvalue weighted by atomic mass is 79.9. The van der Waals surface area contributed by atoms with E-state index in [1.54, 1.807) is 0 Å². The van der Waals surface area contributed by atoms with Crippen LogP contribution in [0.1, 0.15) is 40.3 Å². The van der Waals surface area contributed by atoms with Crippen molar-refractivity contribution in [2.75, 3.05) is 0 Å². The van der Waals surface area contributed by atoms with E-state index >= 15 is 0 Å². The summed E-state index contributed by atoms with van der Waals surface area (Å²) in [4.78, 5) is 4.78. The standard InChI is InChI=1S/C16H22BrNOSi/c1-15(2,3)20-19-16(4,5)14-9-7-11-6-8-12(17)10-13(11)18-14/h6-10H,20H2,1-5H3. The van der Waals surface area contributed by atoms with E-state index in [0.29, 0.717) is 0 Å². The Kier molecular flexibility index (Phi) is 4.37. The summed E-state index contributed by atoms with van der Waals surface area (Å²) in [6.07, 6.45) is 0. The van der Waals surface area contributed by atoms with E-state index in [9.17, 15) is 0 Å². The second kappa shape index (κ2) is 5.58. The number of aromatic nitrogens is 1. The summed E-state index contributed by atoms with van der Waals surface area (Å²) < 4.78 is 7.28. The van der Waals surface area contributed by atoms with Crippen molar-refractivity contribution in [3.8, 4) is 0 Å². The van der Waals surface area contributed by atoms with Crippen molar-refractivity contribution in [2.45, 2.75) is 45.3 Å². The molecule has 4 heteroatoms. The molecule has 2 aromatic rings. The number of halogens is 1. The van der Waals surface area contributed by atoms with Crippen LogP contribution >= 0.6 is 15.9 Å². The minimum atomic E-state index is -0.607. The van der Waals surface area contributed by atoms with Crippen molar-refractivity contribution in [1.29, 1.82) is 0 Å². The number of hydrogen-bond acceptors (Lipinski definition) is 2. The molecule has 0 amide bonds. The molecule has 1 aromatic heterocycles. The maximum Gasteiger partial charge on any atom is 0.168 e. The Balaban J connectivity index is 2.31. The number of nitrogens with zero attached hydrogens (tertiary/aromatic N) is 1. The number of fused-ring (bicyclic) bond motifs is 1. The van der Waals surface area contributed by atoms with Gasteiger partial charge in [0.1, 0.15) is 0 Å². The van der Waals surface area contributed by atoms with Crippen molar-refractivity contribution >= 4 is 36.6 Å². The lowest BCUT2D eigenvalue weighted by atomic mass is 10.0. The molecular weight excluding hydrogens is 330 g/mol. The van der Waals surface area contributed by atoms with E-state index in [1.807, 2.05) is 6.07 Å². The van der Waals surface area contributed by atoms with Gasteiger partial charge < -0.3 is 4.43 Å². The first kappa shape index (κ1) is 15.7. The Morgan fingerprint density at radius 2 is 1.70 bits per heavy atom. The zero-order valence-electron chi connectivity index (χ0n) is 12.8. The van der Waals surface area contributed by atoms with Gasteiger partial charge in [0.2, 0.25) is 0 Å². The summed E-state index contributed by atoms with van der Waals surface area (Å²) in [6.45, 7) is 10.9. The van der Waals surface area contributed by atoms with Gasteiger partial charge in [-0.1, -0.05) is 48.8 Å². The van der Waals surface area contributed by atoms with Crippen molar-refractivity contribution in [1.82, 2.24) is 4.98 Å². The third-order valence-electron chi connectivity index (χ3n) is 3.14. The fourth-order valence-corrected chi connectivity index (χ4v) is 3.19. The first-order valence-electron chi connectivity index (χ1n) is 6.88. The van der Waals surface area contributed by atoms with E-state index in [1.165, 1.54) is 0 Å². The van der Waals surface area contributed by atoms with Gasteiger partial charge in [0, 0.05) is 9.86 Å². The summed E-state index contributed by atoms with van der Waals surface area (Å²) in [5.41, 5.74) is 1.68. The van der Waals surface area contributed by atoms with Crippen LogP contribution in [0.3, 0.4) is 0 Å². The molecule has 108 valence electrons. The summed E-state index contributed by atoms with van der Waals surface area (Å²) in [5, 5.41) is 1.44. The highest BCUT2D eigenvalue weighted by Gasteiger charge is 2.25. The summed E-state index contributed by atoms with van der Waals surface area (Å²) in [6, 6.07) is 10.4. The normalized spacial score (nSPS) is 13.5. The van der Waals surface area contributed by atoms with Crippen LogP contribution in [0.5, 0.6) is 0 Å². The summed E-state index contributed by atoms with van der Waals surface area (Å²) in [5.74, 6) is 0. The quantitative estimate of drug-likeness (QED) is 0.756. The first-order chi connectivity index (χ1) is 9.17. The van der Waals surface area contributed by atoms with E-state index in [4.69, 9.17) is 9.41 Å². The monoisotopic (exact) mass is 351 g/mol. The molecular formula is C16H22BrNOSi. The van der Waals surface area contributed by atoms with Crippen LogP contribution < -0.4 is 0 Å². The second-order valence-corrected chi connectivity index (χ2v) is 10.5.